The van der Waals surface area contributed by atoms with Gasteiger partial charge in [-0.2, -0.15) is 0 Å². The lowest BCUT2D eigenvalue weighted by Crippen LogP contribution is -2.09. The average molecular weight is 453 g/mol. The number of nitrogens with one attached hydrogen (secondary N) is 1. The van der Waals surface area contributed by atoms with Crippen molar-refractivity contribution >= 4 is 42.5 Å². The predicted molar refractivity (Wildman–Crippen MR) is 119 cm³/mol. The van der Waals surface area contributed by atoms with E-state index in [0.29, 0.717) is 5.69 Å². The molecular formula is C22H17BrN2O2S. The molecule has 4 rings (SSSR count). The standard InChI is InChI=1S/C22H17BrN2O2S/c1-28(26,27)25-18-10-7-16(8-11-18)22-14-19(15-5-3-2-4-6-15)20-13-17(23)9-12-21(20)24-22/h2-14,25H,1H3. The van der Waals surface area contributed by atoms with E-state index in [-0.39, 0.29) is 0 Å². The van der Waals surface area contributed by atoms with Crippen molar-refractivity contribution in [3.05, 3.63) is 83.3 Å². The van der Waals surface area contributed by atoms with Gasteiger partial charge in [0, 0.05) is 21.1 Å². The molecule has 0 aliphatic carbocycles. The molecule has 1 N–H and O–H groups in total. The number of anilines is 1. The van der Waals surface area contributed by atoms with E-state index in [1.807, 2.05) is 42.5 Å². The Morgan fingerprint density at radius 2 is 1.57 bits per heavy atom. The molecule has 140 valence electrons. The number of halogens is 1. The molecule has 28 heavy (non-hydrogen) atoms. The zero-order valence-electron chi connectivity index (χ0n) is 15.1. The van der Waals surface area contributed by atoms with E-state index in [0.717, 1.165) is 44.0 Å². The van der Waals surface area contributed by atoms with Crippen LogP contribution < -0.4 is 4.72 Å². The fourth-order valence-electron chi connectivity index (χ4n) is 3.13. The van der Waals surface area contributed by atoms with Crippen molar-refractivity contribution in [2.75, 3.05) is 11.0 Å². The average Bonchev–Trinajstić information content (AvgIpc) is 2.67. The van der Waals surface area contributed by atoms with Crippen LogP contribution in [-0.4, -0.2) is 19.7 Å². The minimum Gasteiger partial charge on any atom is -0.284 e. The van der Waals surface area contributed by atoms with Gasteiger partial charge in [0.05, 0.1) is 17.5 Å². The second-order valence-corrected chi connectivity index (χ2v) is 9.20. The molecule has 0 atom stereocenters. The number of pyridine rings is 1. The van der Waals surface area contributed by atoms with Gasteiger partial charge in [-0.25, -0.2) is 13.4 Å². The summed E-state index contributed by atoms with van der Waals surface area (Å²) in [6.07, 6.45) is 1.13. The lowest BCUT2D eigenvalue weighted by atomic mass is 9.98. The summed E-state index contributed by atoms with van der Waals surface area (Å²) in [5.74, 6) is 0. The molecule has 6 heteroatoms. The number of benzene rings is 3. The van der Waals surface area contributed by atoms with E-state index in [1.54, 1.807) is 12.1 Å². The first kappa shape index (κ1) is 18.7. The molecule has 0 bridgehead atoms. The maximum absolute atomic E-state index is 11.4. The topological polar surface area (TPSA) is 59.1 Å². The largest absolute Gasteiger partial charge is 0.284 e. The zero-order chi connectivity index (χ0) is 19.7. The maximum Gasteiger partial charge on any atom is 0.229 e. The molecule has 0 saturated carbocycles. The van der Waals surface area contributed by atoms with Gasteiger partial charge in [-0.3, -0.25) is 4.72 Å². The smallest absolute Gasteiger partial charge is 0.229 e. The van der Waals surface area contributed by atoms with Crippen LogP contribution in [0.5, 0.6) is 0 Å². The lowest BCUT2D eigenvalue weighted by Gasteiger charge is -2.11. The fraction of sp³-hybridized carbons (Fsp3) is 0.0455. The molecule has 0 saturated heterocycles. The van der Waals surface area contributed by atoms with Crippen LogP contribution in [0.4, 0.5) is 5.69 Å². The molecule has 3 aromatic carbocycles. The third-order valence-corrected chi connectivity index (χ3v) is 5.44. The first-order chi connectivity index (χ1) is 13.4. The summed E-state index contributed by atoms with van der Waals surface area (Å²) in [6.45, 7) is 0. The second kappa shape index (κ2) is 7.37. The van der Waals surface area contributed by atoms with Crippen molar-refractivity contribution in [1.29, 1.82) is 0 Å². The van der Waals surface area contributed by atoms with Crippen molar-refractivity contribution in [2.24, 2.45) is 0 Å². The van der Waals surface area contributed by atoms with Crippen LogP contribution in [0.25, 0.3) is 33.3 Å². The molecule has 0 aliphatic rings. The van der Waals surface area contributed by atoms with E-state index in [1.165, 1.54) is 0 Å². The summed E-state index contributed by atoms with van der Waals surface area (Å²) in [5.41, 5.74) is 5.39. The van der Waals surface area contributed by atoms with E-state index in [4.69, 9.17) is 4.98 Å². The van der Waals surface area contributed by atoms with E-state index >= 15 is 0 Å². The Balaban J connectivity index is 1.85. The molecule has 1 heterocycles. The fourth-order valence-corrected chi connectivity index (χ4v) is 4.05. The van der Waals surface area contributed by atoms with Crippen LogP contribution in [-0.2, 0) is 10.0 Å². The number of aromatic nitrogens is 1. The van der Waals surface area contributed by atoms with Crippen molar-refractivity contribution < 1.29 is 8.42 Å². The van der Waals surface area contributed by atoms with Crippen LogP contribution >= 0.6 is 15.9 Å². The van der Waals surface area contributed by atoms with E-state index in [2.05, 4.69) is 44.9 Å². The first-order valence-corrected chi connectivity index (χ1v) is 11.3. The molecule has 0 unspecified atom stereocenters. The Kier molecular flexibility index (Phi) is 4.91. The number of hydrogen-bond donors (Lipinski definition) is 1. The Morgan fingerprint density at radius 1 is 0.857 bits per heavy atom. The summed E-state index contributed by atoms with van der Waals surface area (Å²) in [7, 11) is -3.30. The van der Waals surface area contributed by atoms with E-state index in [9.17, 15) is 8.42 Å². The van der Waals surface area contributed by atoms with Crippen LogP contribution in [0.15, 0.2) is 83.3 Å². The number of rotatable bonds is 4. The molecular weight excluding hydrogens is 436 g/mol. The Bertz CT molecular complexity index is 1260. The zero-order valence-corrected chi connectivity index (χ0v) is 17.5. The van der Waals surface area contributed by atoms with Crippen molar-refractivity contribution in [3.63, 3.8) is 0 Å². The van der Waals surface area contributed by atoms with Crippen LogP contribution in [0, 0.1) is 0 Å². The second-order valence-electron chi connectivity index (χ2n) is 6.53. The molecule has 4 aromatic rings. The van der Waals surface area contributed by atoms with Gasteiger partial charge in [-0.05, 0) is 47.5 Å². The van der Waals surface area contributed by atoms with Gasteiger partial charge in [0.2, 0.25) is 10.0 Å². The molecule has 0 aliphatic heterocycles. The number of sulfonamides is 1. The van der Waals surface area contributed by atoms with Gasteiger partial charge in [0.25, 0.3) is 0 Å². The maximum atomic E-state index is 11.4. The van der Waals surface area contributed by atoms with E-state index < -0.39 is 10.0 Å². The number of hydrogen-bond acceptors (Lipinski definition) is 3. The van der Waals surface area contributed by atoms with Crippen molar-refractivity contribution in [3.8, 4) is 22.4 Å². The quantitative estimate of drug-likeness (QED) is 0.431. The lowest BCUT2D eigenvalue weighted by molar-refractivity contribution is 0.607. The third-order valence-electron chi connectivity index (χ3n) is 4.34. The monoisotopic (exact) mass is 452 g/mol. The summed E-state index contributed by atoms with van der Waals surface area (Å²) in [4.78, 5) is 4.82. The molecule has 4 nitrogen and oxygen atoms in total. The van der Waals surface area contributed by atoms with Crippen LogP contribution in [0.2, 0.25) is 0 Å². The molecule has 0 spiro atoms. The predicted octanol–water partition coefficient (Wildman–Crippen LogP) is 5.70. The minimum absolute atomic E-state index is 0.527. The normalized spacial score (nSPS) is 11.5. The molecule has 1 aromatic heterocycles. The highest BCUT2D eigenvalue weighted by atomic mass is 79.9. The SMILES string of the molecule is CS(=O)(=O)Nc1ccc(-c2cc(-c3ccccc3)c3cc(Br)ccc3n2)cc1. The third kappa shape index (κ3) is 4.08. The van der Waals surface area contributed by atoms with Crippen molar-refractivity contribution in [1.82, 2.24) is 4.98 Å². The molecule has 0 amide bonds. The van der Waals surface area contributed by atoms with Crippen LogP contribution in [0.1, 0.15) is 0 Å². The molecule has 0 fully saturated rings. The number of nitrogens with zero attached hydrogens (tertiary/aromatic N) is 1. The highest BCUT2D eigenvalue weighted by Gasteiger charge is 2.10. The summed E-state index contributed by atoms with van der Waals surface area (Å²) in [5, 5.41) is 1.07. The van der Waals surface area contributed by atoms with Gasteiger partial charge in [0.15, 0.2) is 0 Å². The Labute approximate surface area is 172 Å². The minimum atomic E-state index is -3.30. The van der Waals surface area contributed by atoms with Gasteiger partial charge >= 0.3 is 0 Å². The van der Waals surface area contributed by atoms with Gasteiger partial charge in [-0.1, -0.05) is 58.4 Å². The van der Waals surface area contributed by atoms with Gasteiger partial charge in [0.1, 0.15) is 0 Å². The number of fused-ring (bicyclic) bond motifs is 1. The van der Waals surface area contributed by atoms with Crippen LogP contribution in [0.3, 0.4) is 0 Å². The highest BCUT2D eigenvalue weighted by molar-refractivity contribution is 9.10. The first-order valence-electron chi connectivity index (χ1n) is 8.63. The van der Waals surface area contributed by atoms with Crippen molar-refractivity contribution in [2.45, 2.75) is 0 Å². The molecule has 0 radical (unpaired) electrons. The summed E-state index contributed by atoms with van der Waals surface area (Å²) < 4.78 is 26.3. The van der Waals surface area contributed by atoms with Gasteiger partial charge < -0.3 is 0 Å². The Hall–Kier alpha value is -2.70. The summed E-state index contributed by atoms with van der Waals surface area (Å²) in [6, 6.07) is 25.5. The highest BCUT2D eigenvalue weighted by Crippen LogP contribution is 2.33. The van der Waals surface area contributed by atoms with Gasteiger partial charge in [-0.15, -0.1) is 0 Å². The summed E-state index contributed by atoms with van der Waals surface area (Å²) >= 11 is 3.55. The Morgan fingerprint density at radius 3 is 2.25 bits per heavy atom.